The van der Waals surface area contributed by atoms with Crippen molar-refractivity contribution in [2.45, 2.75) is 50.5 Å². The molecule has 0 saturated carbocycles. The van der Waals surface area contributed by atoms with Crippen molar-refractivity contribution in [1.29, 1.82) is 0 Å². The molecule has 1 N–H and O–H groups in total. The fourth-order valence-corrected chi connectivity index (χ4v) is 10.9. The largest absolute Gasteiger partial charge is 0.497 e. The molecule has 424 valence electrons. The van der Waals surface area contributed by atoms with E-state index in [9.17, 15) is 4.89 Å². The molecule has 6 aromatic carbocycles. The number of phosphoric ester groups is 1. The highest BCUT2D eigenvalue weighted by Crippen LogP contribution is 2.52. The number of nitrogens with zero attached hydrogens (tertiary/aromatic N) is 2. The van der Waals surface area contributed by atoms with E-state index in [-0.39, 0.29) is 78.7 Å². The number of aryl methyl sites for hydroxylation is 4. The van der Waals surface area contributed by atoms with Gasteiger partial charge in [0.05, 0.1) is 34.3 Å². The number of hydrogen-bond acceptors (Lipinski definition) is 11. The number of halogens is 8. The standard InChI is InChI=1S/C58H61Cl8N2O10P/c1-67(2)33-43(35-73-55-19-9-7-15-39(55)23-21-37-13-11-17-41(25-37)71-5)75-57(47(31-59)45-27-51(63)53(65)29-49(45)61)77-79(69,70)78-58(48(32-60)46-28-52(64)54(66)30-50(46)62)76-44(34-68(3)4)36-74-56-20-10-8-16-40(56)24-22-38-14-12-18-42(26-38)72-6/h7-20,25-32,43-44,57-58H,21-24,33-36H2,1-6H3,(H,69,70)/b47-31-,48-32+. The summed E-state index contributed by atoms with van der Waals surface area (Å²) in [6.07, 6.45) is -2.74. The Morgan fingerprint density at radius 2 is 0.899 bits per heavy atom. The zero-order valence-electron chi connectivity index (χ0n) is 44.2. The minimum Gasteiger partial charge on any atom is -0.497 e. The molecular formula is C58H61Cl8N2O10P. The van der Waals surface area contributed by atoms with Gasteiger partial charge in [-0.3, -0.25) is 9.05 Å². The monoisotopic (exact) mass is 1260 g/mol. The van der Waals surface area contributed by atoms with E-state index in [4.69, 9.17) is 130 Å². The van der Waals surface area contributed by atoms with Crippen molar-refractivity contribution in [3.8, 4) is 23.0 Å². The van der Waals surface area contributed by atoms with Crippen molar-refractivity contribution >= 4 is 112 Å². The Hall–Kier alpha value is -3.73. The highest BCUT2D eigenvalue weighted by molar-refractivity contribution is 7.47. The molecule has 6 aromatic rings. The maximum Gasteiger partial charge on any atom is 0.477 e. The Kier molecular flexibility index (Phi) is 25.8. The molecule has 0 fully saturated rings. The lowest BCUT2D eigenvalue weighted by Crippen LogP contribution is -2.38. The zero-order valence-corrected chi connectivity index (χ0v) is 51.1. The van der Waals surface area contributed by atoms with Gasteiger partial charge in [-0.2, -0.15) is 0 Å². The van der Waals surface area contributed by atoms with Gasteiger partial charge in [0.15, 0.2) is 12.6 Å². The number of likely N-dealkylation sites (N-methyl/N-ethyl adjacent to an activating group) is 2. The second-order valence-corrected chi connectivity index (χ2v) is 22.8. The molecule has 21 heteroatoms. The molecule has 79 heavy (non-hydrogen) atoms. The van der Waals surface area contributed by atoms with Crippen molar-refractivity contribution in [2.24, 2.45) is 0 Å². The molecule has 0 saturated heterocycles. The molecule has 0 heterocycles. The molecule has 5 atom stereocenters. The lowest BCUT2D eigenvalue weighted by Gasteiger charge is -2.32. The highest BCUT2D eigenvalue weighted by Gasteiger charge is 2.39. The van der Waals surface area contributed by atoms with Crippen LogP contribution >= 0.6 is 101 Å². The molecule has 0 amide bonds. The number of rotatable bonds is 30. The van der Waals surface area contributed by atoms with Gasteiger partial charge < -0.3 is 43.1 Å². The fourth-order valence-electron chi connectivity index (χ4n) is 8.25. The summed E-state index contributed by atoms with van der Waals surface area (Å²) >= 11 is 52.7. The summed E-state index contributed by atoms with van der Waals surface area (Å²) in [5.74, 6) is 2.72. The Morgan fingerprint density at radius 1 is 0.519 bits per heavy atom. The molecule has 6 rings (SSSR count). The predicted octanol–water partition coefficient (Wildman–Crippen LogP) is 15.9. The normalized spacial score (nSPS) is 14.4. The Balaban J connectivity index is 1.33. The predicted molar refractivity (Wildman–Crippen MR) is 322 cm³/mol. The minimum atomic E-state index is -5.47. The fraction of sp³-hybridized carbons (Fsp3) is 0.310. The average Bonchev–Trinajstić information content (AvgIpc) is 3.44. The van der Waals surface area contributed by atoms with Crippen molar-refractivity contribution in [3.05, 3.63) is 196 Å². The van der Waals surface area contributed by atoms with Crippen LogP contribution in [0.5, 0.6) is 23.0 Å². The summed E-state index contributed by atoms with van der Waals surface area (Å²) < 4.78 is 64.4. The summed E-state index contributed by atoms with van der Waals surface area (Å²) in [7, 11) is 5.10. The van der Waals surface area contributed by atoms with Crippen LogP contribution in [-0.2, 0) is 48.8 Å². The van der Waals surface area contributed by atoms with E-state index in [2.05, 4.69) is 0 Å². The number of para-hydroxylation sites is 2. The SMILES string of the molecule is COc1cccc(CCc2ccccc2OCC(CN(C)C)OC(OP(=O)(O)OC(OC(COc2ccccc2CCc2cccc(OC)c2)CN(C)C)/C(=C/Cl)c2cc(Cl)c(Cl)cc2Cl)/C(=C\Cl)c2cc(Cl)c(Cl)cc2Cl)c1. The Labute approximate surface area is 503 Å². The van der Waals surface area contributed by atoms with E-state index in [1.165, 1.54) is 24.3 Å². The summed E-state index contributed by atoms with van der Waals surface area (Å²) in [5.41, 5.74) is 6.46. The van der Waals surface area contributed by atoms with E-state index in [0.717, 1.165) is 44.8 Å². The van der Waals surface area contributed by atoms with Gasteiger partial charge in [-0.1, -0.05) is 153 Å². The summed E-state index contributed by atoms with van der Waals surface area (Å²) in [5, 5.41) is 0.586. The first-order chi connectivity index (χ1) is 37.8. The first-order valence-corrected chi connectivity index (χ1v) is 29.3. The third-order valence-corrected chi connectivity index (χ3v) is 15.5. The first-order valence-electron chi connectivity index (χ1n) is 24.7. The van der Waals surface area contributed by atoms with E-state index < -0.39 is 32.6 Å². The van der Waals surface area contributed by atoms with E-state index in [0.29, 0.717) is 37.2 Å². The second kappa shape index (κ2) is 31.6. The van der Waals surface area contributed by atoms with Crippen LogP contribution < -0.4 is 18.9 Å². The third kappa shape index (κ3) is 19.7. The quantitative estimate of drug-likeness (QED) is 0.0263. The van der Waals surface area contributed by atoms with E-state index in [1.54, 1.807) is 14.2 Å². The van der Waals surface area contributed by atoms with Gasteiger partial charge >= 0.3 is 7.82 Å². The number of phosphoric acid groups is 1. The highest BCUT2D eigenvalue weighted by atomic mass is 35.5. The zero-order chi connectivity index (χ0) is 57.2. The number of hydrogen-bond donors (Lipinski definition) is 1. The van der Waals surface area contributed by atoms with Crippen LogP contribution in [0.25, 0.3) is 11.1 Å². The van der Waals surface area contributed by atoms with E-state index >= 15 is 4.57 Å². The summed E-state index contributed by atoms with van der Waals surface area (Å²) in [6, 6.07) is 36.6. The van der Waals surface area contributed by atoms with Gasteiger partial charge in [-0.05, 0) is 137 Å². The molecule has 5 unspecified atom stereocenters. The smallest absolute Gasteiger partial charge is 0.477 e. The topological polar surface area (TPSA) is 118 Å². The van der Waals surface area contributed by atoms with Gasteiger partial charge in [0.2, 0.25) is 0 Å². The van der Waals surface area contributed by atoms with Crippen molar-refractivity contribution in [3.63, 3.8) is 0 Å². The minimum absolute atomic E-state index is 0.0346. The van der Waals surface area contributed by atoms with E-state index in [1.807, 2.05) is 135 Å². The van der Waals surface area contributed by atoms with Crippen LogP contribution in [0.3, 0.4) is 0 Å². The van der Waals surface area contributed by atoms with Crippen LogP contribution in [0.4, 0.5) is 0 Å². The van der Waals surface area contributed by atoms with Crippen molar-refractivity contribution in [1.82, 2.24) is 9.80 Å². The van der Waals surface area contributed by atoms with Crippen LogP contribution in [0.1, 0.15) is 33.4 Å². The maximum atomic E-state index is 15.0. The number of benzene rings is 6. The molecule has 0 bridgehead atoms. The van der Waals surface area contributed by atoms with Crippen LogP contribution in [0.15, 0.2) is 132 Å². The van der Waals surface area contributed by atoms with Gasteiger partial charge in [0.1, 0.15) is 48.4 Å². The van der Waals surface area contributed by atoms with Gasteiger partial charge in [-0.15, -0.1) is 0 Å². The molecule has 0 aromatic heterocycles. The molecule has 0 aliphatic heterocycles. The summed E-state index contributed by atoms with van der Waals surface area (Å²) in [4.78, 5) is 15.9. The number of ether oxygens (including phenoxy) is 6. The Bertz CT molecular complexity index is 2880. The second-order valence-electron chi connectivity index (χ2n) is 18.5. The van der Waals surface area contributed by atoms with Crippen molar-refractivity contribution in [2.75, 3.05) is 68.7 Å². The summed E-state index contributed by atoms with van der Waals surface area (Å²) in [6.45, 7) is 0.271. The third-order valence-electron chi connectivity index (χ3n) is 12.0. The molecular weight excluding hydrogens is 1200 g/mol. The van der Waals surface area contributed by atoms with Gasteiger partial charge in [0.25, 0.3) is 0 Å². The lowest BCUT2D eigenvalue weighted by molar-refractivity contribution is -0.137. The van der Waals surface area contributed by atoms with Crippen LogP contribution in [0, 0.1) is 0 Å². The molecule has 0 aliphatic rings. The van der Waals surface area contributed by atoms with Gasteiger partial charge in [0, 0.05) is 56.5 Å². The number of methoxy groups -OCH3 is 2. The lowest BCUT2D eigenvalue weighted by atomic mass is 10.0. The average molecular weight is 1260 g/mol. The van der Waals surface area contributed by atoms with Crippen LogP contribution in [-0.4, -0.2) is 108 Å². The van der Waals surface area contributed by atoms with Crippen molar-refractivity contribution < 1.29 is 46.9 Å². The molecule has 12 nitrogen and oxygen atoms in total. The first kappa shape index (κ1) is 64.4. The van der Waals surface area contributed by atoms with Gasteiger partial charge in [-0.25, -0.2) is 4.57 Å². The maximum absolute atomic E-state index is 15.0. The molecule has 0 aliphatic carbocycles. The Morgan fingerprint density at radius 3 is 1.27 bits per heavy atom. The van der Waals surface area contributed by atoms with Crippen LogP contribution in [0.2, 0.25) is 30.1 Å². The molecule has 0 spiro atoms. The molecule has 0 radical (unpaired) electrons.